The molecule has 0 radical (unpaired) electrons. The summed E-state index contributed by atoms with van der Waals surface area (Å²) in [5.74, 6) is -1.00. The molecule has 2 aromatic carbocycles. The zero-order chi connectivity index (χ0) is 19.1. The van der Waals surface area contributed by atoms with E-state index in [1.807, 2.05) is 19.1 Å². The fourth-order valence-electron chi connectivity index (χ4n) is 2.36. The fraction of sp³-hybridized carbons (Fsp3) is 0.250. The van der Waals surface area contributed by atoms with E-state index in [4.69, 9.17) is 4.74 Å². The lowest BCUT2D eigenvalue weighted by atomic mass is 10.2. The number of aryl methyl sites for hydroxylation is 1. The first kappa shape index (κ1) is 19.2. The zero-order valence-electron chi connectivity index (χ0n) is 15.1. The third kappa shape index (κ3) is 5.17. The average Bonchev–Trinajstić information content (AvgIpc) is 2.62. The second-order valence-electron chi connectivity index (χ2n) is 5.79. The summed E-state index contributed by atoms with van der Waals surface area (Å²) in [5.41, 5.74) is 2.68. The number of nitrogens with one attached hydrogen (secondary N) is 1. The number of hydrogen-bond donors (Lipinski definition) is 1. The van der Waals surface area contributed by atoms with Gasteiger partial charge >= 0.3 is 5.97 Å². The van der Waals surface area contributed by atoms with E-state index in [1.54, 1.807) is 43.3 Å². The Hall–Kier alpha value is -3.15. The fourth-order valence-corrected chi connectivity index (χ4v) is 2.36. The molecule has 0 aliphatic rings. The van der Waals surface area contributed by atoms with E-state index in [-0.39, 0.29) is 18.4 Å². The highest BCUT2D eigenvalue weighted by Crippen LogP contribution is 2.17. The number of rotatable bonds is 6. The lowest BCUT2D eigenvalue weighted by molar-refractivity contribution is -0.120. The summed E-state index contributed by atoms with van der Waals surface area (Å²) < 4.78 is 4.93. The number of esters is 1. The molecule has 0 spiro atoms. The summed E-state index contributed by atoms with van der Waals surface area (Å²) in [6.07, 6.45) is 0. The highest BCUT2D eigenvalue weighted by molar-refractivity contribution is 6.02. The summed E-state index contributed by atoms with van der Waals surface area (Å²) in [7, 11) is 0. The van der Waals surface area contributed by atoms with Gasteiger partial charge in [0.05, 0.1) is 12.2 Å². The standard InChI is InChI=1S/C20H22N2O4/c1-4-26-20(25)16-7-11-18(12-8-16)22(15(3)23)13-19(24)21-17-9-5-14(2)6-10-17/h5-12H,4,13H2,1-3H3,(H,21,24). The van der Waals surface area contributed by atoms with Crippen LogP contribution in [0.1, 0.15) is 29.8 Å². The van der Waals surface area contributed by atoms with Gasteiger partial charge in [-0.15, -0.1) is 0 Å². The van der Waals surface area contributed by atoms with Crippen molar-refractivity contribution >= 4 is 29.2 Å². The van der Waals surface area contributed by atoms with Gasteiger partial charge in [-0.2, -0.15) is 0 Å². The van der Waals surface area contributed by atoms with Gasteiger partial charge in [-0.25, -0.2) is 4.79 Å². The number of ether oxygens (including phenoxy) is 1. The van der Waals surface area contributed by atoms with Crippen LogP contribution in [-0.2, 0) is 14.3 Å². The molecular formula is C20H22N2O4. The number of benzene rings is 2. The van der Waals surface area contributed by atoms with Crippen molar-refractivity contribution in [2.24, 2.45) is 0 Å². The van der Waals surface area contributed by atoms with Crippen molar-refractivity contribution < 1.29 is 19.1 Å². The second-order valence-corrected chi connectivity index (χ2v) is 5.79. The molecule has 26 heavy (non-hydrogen) atoms. The molecule has 0 saturated heterocycles. The van der Waals surface area contributed by atoms with Crippen molar-refractivity contribution in [1.29, 1.82) is 0 Å². The van der Waals surface area contributed by atoms with Crippen molar-refractivity contribution in [3.8, 4) is 0 Å². The van der Waals surface area contributed by atoms with Crippen molar-refractivity contribution in [2.45, 2.75) is 20.8 Å². The Labute approximate surface area is 152 Å². The molecule has 0 saturated carbocycles. The van der Waals surface area contributed by atoms with Crippen LogP contribution in [0.15, 0.2) is 48.5 Å². The van der Waals surface area contributed by atoms with Crippen LogP contribution in [0, 0.1) is 6.92 Å². The Morgan fingerprint density at radius 1 is 1.00 bits per heavy atom. The van der Waals surface area contributed by atoms with Gasteiger partial charge in [-0.1, -0.05) is 17.7 Å². The third-order valence-corrected chi connectivity index (χ3v) is 3.71. The number of hydrogen-bond acceptors (Lipinski definition) is 4. The van der Waals surface area contributed by atoms with Crippen molar-refractivity contribution in [1.82, 2.24) is 0 Å². The highest BCUT2D eigenvalue weighted by Gasteiger charge is 2.17. The molecule has 6 heteroatoms. The Bertz CT molecular complexity index is 782. The first-order valence-electron chi connectivity index (χ1n) is 8.32. The predicted molar refractivity (Wildman–Crippen MR) is 100 cm³/mol. The summed E-state index contributed by atoms with van der Waals surface area (Å²) in [4.78, 5) is 37.3. The number of carbonyl (C=O) groups is 3. The van der Waals surface area contributed by atoms with Gasteiger partial charge in [0, 0.05) is 18.3 Å². The molecule has 0 unspecified atom stereocenters. The SMILES string of the molecule is CCOC(=O)c1ccc(N(CC(=O)Nc2ccc(C)cc2)C(C)=O)cc1. The van der Waals surface area contributed by atoms with E-state index in [2.05, 4.69) is 5.32 Å². The van der Waals surface area contributed by atoms with Crippen LogP contribution in [0.5, 0.6) is 0 Å². The normalized spacial score (nSPS) is 10.1. The largest absolute Gasteiger partial charge is 0.462 e. The minimum absolute atomic E-state index is 0.123. The molecule has 0 aromatic heterocycles. The number of amides is 2. The quantitative estimate of drug-likeness (QED) is 0.809. The summed E-state index contributed by atoms with van der Waals surface area (Å²) >= 11 is 0. The Balaban J connectivity index is 2.08. The van der Waals surface area contributed by atoms with Gasteiger partial charge in [0.1, 0.15) is 6.54 Å². The molecule has 2 amide bonds. The van der Waals surface area contributed by atoms with Gasteiger partial charge in [-0.3, -0.25) is 9.59 Å². The van der Waals surface area contributed by atoms with Crippen LogP contribution in [-0.4, -0.2) is 30.9 Å². The van der Waals surface area contributed by atoms with Gasteiger partial charge in [0.2, 0.25) is 11.8 Å². The molecule has 6 nitrogen and oxygen atoms in total. The van der Waals surface area contributed by atoms with E-state index < -0.39 is 5.97 Å². The van der Waals surface area contributed by atoms with E-state index in [9.17, 15) is 14.4 Å². The van der Waals surface area contributed by atoms with Crippen LogP contribution in [0.25, 0.3) is 0 Å². The molecular weight excluding hydrogens is 332 g/mol. The molecule has 2 aromatic rings. The van der Waals surface area contributed by atoms with E-state index in [1.165, 1.54) is 11.8 Å². The lowest BCUT2D eigenvalue weighted by Gasteiger charge is -2.21. The highest BCUT2D eigenvalue weighted by atomic mass is 16.5. The number of carbonyl (C=O) groups excluding carboxylic acids is 3. The molecule has 0 heterocycles. The van der Waals surface area contributed by atoms with Gasteiger partial charge in [-0.05, 0) is 50.2 Å². The Morgan fingerprint density at radius 2 is 1.62 bits per heavy atom. The maximum absolute atomic E-state index is 12.3. The van der Waals surface area contributed by atoms with Gasteiger partial charge in [0.15, 0.2) is 0 Å². The molecule has 0 aliphatic heterocycles. The van der Waals surface area contributed by atoms with Crippen LogP contribution in [0.4, 0.5) is 11.4 Å². The Kier molecular flexibility index (Phi) is 6.49. The Morgan fingerprint density at radius 3 is 2.15 bits per heavy atom. The smallest absolute Gasteiger partial charge is 0.338 e. The van der Waals surface area contributed by atoms with Gasteiger partial charge in [0.25, 0.3) is 0 Å². The summed E-state index contributed by atoms with van der Waals surface area (Å²) in [5, 5.41) is 2.76. The minimum atomic E-state index is -0.425. The van der Waals surface area contributed by atoms with Gasteiger partial charge < -0.3 is 15.0 Å². The van der Waals surface area contributed by atoms with E-state index in [0.29, 0.717) is 23.5 Å². The van der Waals surface area contributed by atoms with Crippen LogP contribution in [0.3, 0.4) is 0 Å². The monoisotopic (exact) mass is 354 g/mol. The summed E-state index contributed by atoms with van der Waals surface area (Å²) in [6.45, 7) is 5.25. The van der Waals surface area contributed by atoms with E-state index >= 15 is 0 Å². The average molecular weight is 354 g/mol. The molecule has 0 atom stereocenters. The second kappa shape index (κ2) is 8.80. The lowest BCUT2D eigenvalue weighted by Crippen LogP contribution is -2.36. The first-order chi connectivity index (χ1) is 12.4. The van der Waals surface area contributed by atoms with Crippen molar-refractivity contribution in [2.75, 3.05) is 23.4 Å². The topological polar surface area (TPSA) is 75.7 Å². The van der Waals surface area contributed by atoms with Crippen LogP contribution in [0.2, 0.25) is 0 Å². The first-order valence-corrected chi connectivity index (χ1v) is 8.32. The predicted octanol–water partition coefficient (Wildman–Crippen LogP) is 3.16. The minimum Gasteiger partial charge on any atom is -0.462 e. The third-order valence-electron chi connectivity index (χ3n) is 3.71. The molecule has 0 bridgehead atoms. The summed E-state index contributed by atoms with van der Waals surface area (Å²) in [6, 6.07) is 13.8. The van der Waals surface area contributed by atoms with Crippen LogP contribution >= 0.6 is 0 Å². The maximum atomic E-state index is 12.3. The molecule has 0 aliphatic carbocycles. The van der Waals surface area contributed by atoms with E-state index in [0.717, 1.165) is 5.56 Å². The molecule has 0 fully saturated rings. The van der Waals surface area contributed by atoms with Crippen molar-refractivity contribution in [3.63, 3.8) is 0 Å². The zero-order valence-corrected chi connectivity index (χ0v) is 15.1. The number of anilines is 2. The molecule has 2 rings (SSSR count). The number of nitrogens with zero attached hydrogens (tertiary/aromatic N) is 1. The maximum Gasteiger partial charge on any atom is 0.338 e. The van der Waals surface area contributed by atoms with Crippen molar-refractivity contribution in [3.05, 3.63) is 59.7 Å². The molecule has 136 valence electrons. The molecule has 1 N–H and O–H groups in total. The van der Waals surface area contributed by atoms with Crippen LogP contribution < -0.4 is 10.2 Å².